The molecule has 0 aliphatic carbocycles. The first-order valence-electron chi connectivity index (χ1n) is 5.17. The Labute approximate surface area is 93.2 Å². The van der Waals surface area contributed by atoms with Gasteiger partial charge in [0.25, 0.3) is 10.2 Å². The number of hydrogen-bond donors (Lipinski definition) is 2. The predicted octanol–water partition coefficient (Wildman–Crippen LogP) is 0.144. The van der Waals surface area contributed by atoms with Crippen LogP contribution >= 0.6 is 0 Å². The van der Waals surface area contributed by atoms with Gasteiger partial charge >= 0.3 is 0 Å². The second-order valence-corrected chi connectivity index (χ2v) is 6.00. The van der Waals surface area contributed by atoms with Gasteiger partial charge in [-0.15, -0.1) is 0 Å². The lowest BCUT2D eigenvalue weighted by atomic mass is 10.1. The van der Waals surface area contributed by atoms with Crippen LogP contribution in [0.5, 0.6) is 0 Å². The Morgan fingerprint density at radius 1 is 1.27 bits per heavy atom. The fourth-order valence-electron chi connectivity index (χ4n) is 0.916. The molecule has 0 aromatic rings. The van der Waals surface area contributed by atoms with Gasteiger partial charge in [-0.3, -0.25) is 0 Å². The van der Waals surface area contributed by atoms with Crippen LogP contribution in [0.1, 0.15) is 27.7 Å². The molecule has 0 radical (unpaired) electrons. The third-order valence-corrected chi connectivity index (χ3v) is 4.52. The molecule has 0 rings (SSSR count). The Morgan fingerprint density at radius 2 is 1.73 bits per heavy atom. The molecule has 0 saturated carbocycles. The molecule has 0 saturated heterocycles. The Balaban J connectivity index is 4.52. The van der Waals surface area contributed by atoms with Crippen LogP contribution in [0.2, 0.25) is 0 Å². The van der Waals surface area contributed by atoms with Crippen molar-refractivity contribution in [3.8, 4) is 0 Å². The standard InChI is InChI=1S/C9H23N3O2S/c1-7(2)12(5)15(13,14)11-9(4)8(3)6-10/h7-9,11H,6,10H2,1-5H3. The van der Waals surface area contributed by atoms with E-state index in [-0.39, 0.29) is 18.0 Å². The maximum atomic E-state index is 11.8. The molecule has 0 bridgehead atoms. The molecule has 0 aromatic heterocycles. The third kappa shape index (κ3) is 4.46. The second-order valence-electron chi connectivity index (χ2n) is 4.23. The first-order valence-corrected chi connectivity index (χ1v) is 6.61. The molecule has 3 N–H and O–H groups in total. The van der Waals surface area contributed by atoms with Gasteiger partial charge in [-0.2, -0.15) is 17.4 Å². The molecule has 6 heteroatoms. The molecule has 0 aromatic carbocycles. The van der Waals surface area contributed by atoms with Gasteiger partial charge < -0.3 is 5.73 Å². The molecule has 0 aliphatic rings. The van der Waals surface area contributed by atoms with Crippen LogP contribution in [0.4, 0.5) is 0 Å². The zero-order chi connectivity index (χ0) is 12.2. The predicted molar refractivity (Wildman–Crippen MR) is 62.6 cm³/mol. The van der Waals surface area contributed by atoms with Gasteiger partial charge in [-0.1, -0.05) is 6.92 Å². The summed E-state index contributed by atoms with van der Waals surface area (Å²) in [5, 5.41) is 0. The first-order chi connectivity index (χ1) is 6.72. The van der Waals surface area contributed by atoms with E-state index in [2.05, 4.69) is 4.72 Å². The van der Waals surface area contributed by atoms with Gasteiger partial charge in [0.2, 0.25) is 0 Å². The van der Waals surface area contributed by atoms with Crippen molar-refractivity contribution in [1.82, 2.24) is 9.03 Å². The molecule has 2 atom stereocenters. The number of nitrogens with two attached hydrogens (primary N) is 1. The Bertz CT molecular complexity index is 277. The van der Waals surface area contributed by atoms with Crippen LogP contribution in [0.25, 0.3) is 0 Å². The van der Waals surface area contributed by atoms with E-state index in [1.165, 1.54) is 4.31 Å². The smallest absolute Gasteiger partial charge is 0.279 e. The molecule has 5 nitrogen and oxygen atoms in total. The van der Waals surface area contributed by atoms with Crippen molar-refractivity contribution >= 4 is 10.2 Å². The molecule has 0 aliphatic heterocycles. The first kappa shape index (κ1) is 14.8. The Kier molecular flexibility index (Phi) is 5.72. The fourth-order valence-corrected chi connectivity index (χ4v) is 2.34. The van der Waals surface area contributed by atoms with E-state index in [9.17, 15) is 8.42 Å². The number of rotatable bonds is 6. The highest BCUT2D eigenvalue weighted by Gasteiger charge is 2.24. The molecule has 2 unspecified atom stereocenters. The monoisotopic (exact) mass is 237 g/mol. The van der Waals surface area contributed by atoms with Gasteiger partial charge in [0.15, 0.2) is 0 Å². The lowest BCUT2D eigenvalue weighted by molar-refractivity contribution is 0.382. The summed E-state index contributed by atoms with van der Waals surface area (Å²) in [5.74, 6) is 0.125. The summed E-state index contributed by atoms with van der Waals surface area (Å²) < 4.78 is 27.5. The highest BCUT2D eigenvalue weighted by molar-refractivity contribution is 7.87. The molecule has 92 valence electrons. The van der Waals surface area contributed by atoms with E-state index >= 15 is 0 Å². The molecule has 0 heterocycles. The summed E-state index contributed by atoms with van der Waals surface area (Å²) in [6.07, 6.45) is 0. The number of hydrogen-bond acceptors (Lipinski definition) is 3. The molecule has 0 spiro atoms. The highest BCUT2D eigenvalue weighted by atomic mass is 32.2. The van der Waals surface area contributed by atoms with Crippen molar-refractivity contribution in [2.45, 2.75) is 39.8 Å². The van der Waals surface area contributed by atoms with Crippen LogP contribution in [-0.4, -0.2) is 38.4 Å². The summed E-state index contributed by atoms with van der Waals surface area (Å²) in [7, 11) is -1.82. The fraction of sp³-hybridized carbons (Fsp3) is 1.00. The summed E-state index contributed by atoms with van der Waals surface area (Å²) in [6, 6.07) is -0.205. The summed E-state index contributed by atoms with van der Waals surface area (Å²) in [5.41, 5.74) is 5.48. The van der Waals surface area contributed by atoms with Gasteiger partial charge in [0, 0.05) is 19.1 Å². The minimum absolute atomic E-state index is 0.0529. The SMILES string of the molecule is CC(CN)C(C)NS(=O)(=O)N(C)C(C)C. The lowest BCUT2D eigenvalue weighted by Crippen LogP contribution is -2.48. The number of nitrogens with one attached hydrogen (secondary N) is 1. The topological polar surface area (TPSA) is 75.4 Å². The van der Waals surface area contributed by atoms with Gasteiger partial charge in [0.05, 0.1) is 0 Å². The third-order valence-electron chi connectivity index (χ3n) is 2.67. The second kappa shape index (κ2) is 5.79. The van der Waals surface area contributed by atoms with Crippen molar-refractivity contribution in [3.63, 3.8) is 0 Å². The van der Waals surface area contributed by atoms with Crippen molar-refractivity contribution in [3.05, 3.63) is 0 Å². The van der Waals surface area contributed by atoms with Gasteiger partial charge in [-0.25, -0.2) is 0 Å². The average Bonchev–Trinajstić information content (AvgIpc) is 2.14. The summed E-state index contributed by atoms with van der Waals surface area (Å²) >= 11 is 0. The van der Waals surface area contributed by atoms with Crippen LogP contribution in [0.3, 0.4) is 0 Å². The van der Waals surface area contributed by atoms with E-state index in [4.69, 9.17) is 5.73 Å². The largest absolute Gasteiger partial charge is 0.330 e. The number of nitrogens with zero attached hydrogens (tertiary/aromatic N) is 1. The summed E-state index contributed by atoms with van der Waals surface area (Å²) in [4.78, 5) is 0. The van der Waals surface area contributed by atoms with E-state index < -0.39 is 10.2 Å². The van der Waals surface area contributed by atoms with E-state index in [1.807, 2.05) is 27.7 Å². The maximum absolute atomic E-state index is 11.8. The van der Waals surface area contributed by atoms with Crippen molar-refractivity contribution < 1.29 is 8.42 Å². The maximum Gasteiger partial charge on any atom is 0.279 e. The lowest BCUT2D eigenvalue weighted by Gasteiger charge is -2.26. The molecular formula is C9H23N3O2S. The van der Waals surface area contributed by atoms with Crippen molar-refractivity contribution in [1.29, 1.82) is 0 Å². The van der Waals surface area contributed by atoms with E-state index in [1.54, 1.807) is 7.05 Å². The minimum atomic E-state index is -3.39. The van der Waals surface area contributed by atoms with Crippen LogP contribution in [0, 0.1) is 5.92 Å². The molecule has 0 fully saturated rings. The quantitative estimate of drug-likeness (QED) is 0.690. The van der Waals surface area contributed by atoms with Gasteiger partial charge in [0.1, 0.15) is 0 Å². The summed E-state index contributed by atoms with van der Waals surface area (Å²) in [6.45, 7) is 7.87. The molecule has 15 heavy (non-hydrogen) atoms. The molecular weight excluding hydrogens is 214 g/mol. The van der Waals surface area contributed by atoms with Gasteiger partial charge in [-0.05, 0) is 33.2 Å². The van der Waals surface area contributed by atoms with E-state index in [0.717, 1.165) is 0 Å². The van der Waals surface area contributed by atoms with Crippen molar-refractivity contribution in [2.75, 3.05) is 13.6 Å². The average molecular weight is 237 g/mol. The zero-order valence-corrected chi connectivity index (χ0v) is 11.0. The normalized spacial score (nSPS) is 17.1. The minimum Gasteiger partial charge on any atom is -0.330 e. The Morgan fingerprint density at radius 3 is 2.07 bits per heavy atom. The van der Waals surface area contributed by atoms with Crippen LogP contribution < -0.4 is 10.5 Å². The van der Waals surface area contributed by atoms with Crippen molar-refractivity contribution in [2.24, 2.45) is 11.7 Å². The Hall–Kier alpha value is -0.170. The zero-order valence-electron chi connectivity index (χ0n) is 10.2. The molecule has 0 amide bonds. The highest BCUT2D eigenvalue weighted by Crippen LogP contribution is 2.06. The van der Waals surface area contributed by atoms with E-state index in [0.29, 0.717) is 6.54 Å². The van der Waals surface area contributed by atoms with Crippen LogP contribution in [-0.2, 0) is 10.2 Å². The van der Waals surface area contributed by atoms with Crippen LogP contribution in [0.15, 0.2) is 0 Å².